The topological polar surface area (TPSA) is 55.1 Å². The van der Waals surface area contributed by atoms with Crippen molar-refractivity contribution in [1.82, 2.24) is 9.55 Å². The van der Waals surface area contributed by atoms with Crippen LogP contribution in [0.3, 0.4) is 0 Å². The summed E-state index contributed by atoms with van der Waals surface area (Å²) in [6.07, 6.45) is 4.73. The number of hydrogen-bond acceptors (Lipinski definition) is 2. The number of nitrogens with zero attached hydrogens (tertiary/aromatic N) is 2. The number of para-hydroxylation sites is 1. The monoisotopic (exact) mass is 286 g/mol. The zero-order valence-electron chi connectivity index (χ0n) is 12.9. The molecule has 4 heteroatoms. The van der Waals surface area contributed by atoms with E-state index in [1.54, 1.807) is 6.07 Å². The number of rotatable bonds is 3. The van der Waals surface area contributed by atoms with Gasteiger partial charge in [0.2, 0.25) is 0 Å². The average Bonchev–Trinajstić information content (AvgIpc) is 3.02. The number of carboxylic acids is 1. The average molecular weight is 286 g/mol. The van der Waals surface area contributed by atoms with Crippen LogP contribution in [0, 0.1) is 0 Å². The summed E-state index contributed by atoms with van der Waals surface area (Å²) < 4.78 is 2.31. The van der Waals surface area contributed by atoms with Gasteiger partial charge in [-0.2, -0.15) is 0 Å². The molecule has 0 amide bonds. The summed E-state index contributed by atoms with van der Waals surface area (Å²) in [5.74, 6) is 0.372. The number of imidazole rings is 1. The molecule has 1 fully saturated rings. The summed E-state index contributed by atoms with van der Waals surface area (Å²) in [7, 11) is 0. The lowest BCUT2D eigenvalue weighted by Crippen LogP contribution is -2.28. The van der Waals surface area contributed by atoms with Crippen LogP contribution in [0.4, 0.5) is 0 Å². The molecule has 0 saturated heterocycles. The molecule has 0 radical (unpaired) electrons. The van der Waals surface area contributed by atoms with Crippen molar-refractivity contribution in [1.29, 1.82) is 0 Å². The van der Waals surface area contributed by atoms with E-state index in [1.165, 1.54) is 12.8 Å². The smallest absolute Gasteiger partial charge is 0.337 e. The first-order valence-corrected chi connectivity index (χ1v) is 7.69. The molecule has 1 aliphatic carbocycles. The molecule has 1 aromatic carbocycles. The van der Waals surface area contributed by atoms with Crippen molar-refractivity contribution in [3.05, 3.63) is 29.6 Å². The van der Waals surface area contributed by atoms with Gasteiger partial charge in [0.05, 0.1) is 11.1 Å². The van der Waals surface area contributed by atoms with Gasteiger partial charge in [-0.3, -0.25) is 0 Å². The summed E-state index contributed by atoms with van der Waals surface area (Å²) >= 11 is 0. The molecule has 4 nitrogen and oxygen atoms in total. The Labute approximate surface area is 124 Å². The third-order valence-electron chi connectivity index (χ3n) is 4.68. The molecule has 2 aromatic rings. The quantitative estimate of drug-likeness (QED) is 0.922. The van der Waals surface area contributed by atoms with Crippen molar-refractivity contribution in [2.75, 3.05) is 0 Å². The second kappa shape index (κ2) is 4.86. The van der Waals surface area contributed by atoms with Crippen LogP contribution in [-0.4, -0.2) is 20.6 Å². The van der Waals surface area contributed by atoms with Crippen molar-refractivity contribution in [3.8, 4) is 0 Å². The zero-order valence-corrected chi connectivity index (χ0v) is 12.9. The highest BCUT2D eigenvalue weighted by molar-refractivity contribution is 6.01. The number of aromatic nitrogens is 2. The normalized spacial score (nSPS) is 17.7. The molecule has 21 heavy (non-hydrogen) atoms. The molecule has 3 rings (SSSR count). The predicted octanol–water partition coefficient (Wildman–Crippen LogP) is 4.15. The largest absolute Gasteiger partial charge is 0.478 e. The van der Waals surface area contributed by atoms with Gasteiger partial charge in [-0.25, -0.2) is 9.78 Å². The molecule has 1 aliphatic rings. The molecule has 1 N–H and O–H groups in total. The Morgan fingerprint density at radius 2 is 2.00 bits per heavy atom. The van der Waals surface area contributed by atoms with Crippen LogP contribution in [-0.2, 0) is 5.54 Å². The first-order chi connectivity index (χ1) is 9.94. The fourth-order valence-corrected chi connectivity index (χ4v) is 3.60. The second-order valence-electron chi connectivity index (χ2n) is 6.64. The van der Waals surface area contributed by atoms with Gasteiger partial charge in [0, 0.05) is 11.5 Å². The summed E-state index contributed by atoms with van der Waals surface area (Å²) in [6, 6.07) is 5.47. The van der Waals surface area contributed by atoms with E-state index < -0.39 is 5.97 Å². The Balaban J connectivity index is 2.33. The van der Waals surface area contributed by atoms with E-state index in [0.717, 1.165) is 24.2 Å². The highest BCUT2D eigenvalue weighted by Gasteiger charge is 2.35. The molecule has 0 atom stereocenters. The minimum Gasteiger partial charge on any atom is -0.478 e. The Morgan fingerprint density at radius 1 is 1.33 bits per heavy atom. The van der Waals surface area contributed by atoms with E-state index in [4.69, 9.17) is 4.98 Å². The van der Waals surface area contributed by atoms with Crippen LogP contribution in [0.5, 0.6) is 0 Å². The lowest BCUT2D eigenvalue weighted by atomic mass is 9.98. The fourth-order valence-electron chi connectivity index (χ4n) is 3.60. The van der Waals surface area contributed by atoms with Gasteiger partial charge in [-0.1, -0.05) is 32.8 Å². The minimum absolute atomic E-state index is 0.0610. The van der Waals surface area contributed by atoms with Crippen molar-refractivity contribution in [2.45, 2.75) is 57.9 Å². The Bertz CT molecular complexity index is 694. The predicted molar refractivity (Wildman–Crippen MR) is 82.9 cm³/mol. The zero-order chi connectivity index (χ0) is 15.2. The molecule has 0 aliphatic heterocycles. The summed E-state index contributed by atoms with van der Waals surface area (Å²) in [5.41, 5.74) is 1.95. The Hall–Kier alpha value is -1.84. The highest BCUT2D eigenvalue weighted by Crippen LogP contribution is 2.41. The Morgan fingerprint density at radius 3 is 2.57 bits per heavy atom. The molecular formula is C17H22N2O2. The van der Waals surface area contributed by atoms with Crippen LogP contribution in [0.1, 0.15) is 68.6 Å². The number of fused-ring (bicyclic) bond motifs is 1. The van der Waals surface area contributed by atoms with Crippen molar-refractivity contribution < 1.29 is 9.90 Å². The van der Waals surface area contributed by atoms with E-state index in [-0.39, 0.29) is 11.5 Å². The molecule has 1 aromatic heterocycles. The highest BCUT2D eigenvalue weighted by atomic mass is 16.4. The number of hydrogen-bond donors (Lipinski definition) is 1. The van der Waals surface area contributed by atoms with Gasteiger partial charge < -0.3 is 9.67 Å². The number of benzene rings is 1. The van der Waals surface area contributed by atoms with Crippen LogP contribution in [0.15, 0.2) is 18.2 Å². The fraction of sp³-hybridized carbons (Fsp3) is 0.529. The molecule has 1 saturated carbocycles. The van der Waals surface area contributed by atoms with E-state index >= 15 is 0 Å². The summed E-state index contributed by atoms with van der Waals surface area (Å²) in [5, 5.41) is 9.40. The lowest BCUT2D eigenvalue weighted by molar-refractivity contribution is 0.0699. The van der Waals surface area contributed by atoms with E-state index in [0.29, 0.717) is 11.1 Å². The number of aromatic carboxylic acids is 1. The standard InChI is InChI=1S/C17H22N2O2/c1-11(2)15-18-14-12(16(20)21)7-6-8-13(14)19(15)17(3)9-4-5-10-17/h6-8,11H,4-5,9-10H2,1-3H3,(H,20,21). The van der Waals surface area contributed by atoms with E-state index in [2.05, 4.69) is 25.3 Å². The maximum absolute atomic E-state index is 11.5. The van der Waals surface area contributed by atoms with Gasteiger partial charge in [0.1, 0.15) is 11.3 Å². The maximum Gasteiger partial charge on any atom is 0.337 e. The van der Waals surface area contributed by atoms with Crippen molar-refractivity contribution in [3.63, 3.8) is 0 Å². The van der Waals surface area contributed by atoms with Gasteiger partial charge in [-0.15, -0.1) is 0 Å². The third-order valence-corrected chi connectivity index (χ3v) is 4.68. The summed E-state index contributed by atoms with van der Waals surface area (Å²) in [4.78, 5) is 16.2. The number of carboxylic acid groups (broad SMARTS) is 1. The lowest BCUT2D eigenvalue weighted by Gasteiger charge is -2.30. The minimum atomic E-state index is -0.905. The number of carbonyl (C=O) groups is 1. The maximum atomic E-state index is 11.5. The molecule has 0 unspecified atom stereocenters. The van der Waals surface area contributed by atoms with E-state index in [1.807, 2.05) is 12.1 Å². The first kappa shape index (κ1) is 14.1. The molecule has 1 heterocycles. The SMILES string of the molecule is CC(C)c1nc2c(C(=O)O)cccc2n1C1(C)CCCC1. The van der Waals surface area contributed by atoms with Crippen molar-refractivity contribution >= 4 is 17.0 Å². The molecule has 0 bridgehead atoms. The molecular weight excluding hydrogens is 264 g/mol. The second-order valence-corrected chi connectivity index (χ2v) is 6.64. The van der Waals surface area contributed by atoms with Crippen LogP contribution in [0.25, 0.3) is 11.0 Å². The molecule has 112 valence electrons. The van der Waals surface area contributed by atoms with Gasteiger partial charge in [-0.05, 0) is 31.9 Å². The van der Waals surface area contributed by atoms with Crippen LogP contribution < -0.4 is 0 Å². The Kier molecular flexibility index (Phi) is 3.27. The summed E-state index contributed by atoms with van der Waals surface area (Å²) in [6.45, 7) is 6.52. The van der Waals surface area contributed by atoms with Crippen LogP contribution in [0.2, 0.25) is 0 Å². The van der Waals surface area contributed by atoms with Gasteiger partial charge >= 0.3 is 5.97 Å². The first-order valence-electron chi connectivity index (χ1n) is 7.69. The molecule has 0 spiro atoms. The van der Waals surface area contributed by atoms with Gasteiger partial charge in [0.15, 0.2) is 0 Å². The third kappa shape index (κ3) is 2.13. The van der Waals surface area contributed by atoms with Crippen molar-refractivity contribution in [2.24, 2.45) is 0 Å². The van der Waals surface area contributed by atoms with Crippen LogP contribution >= 0.6 is 0 Å². The van der Waals surface area contributed by atoms with E-state index in [9.17, 15) is 9.90 Å². The van der Waals surface area contributed by atoms with Gasteiger partial charge in [0.25, 0.3) is 0 Å².